The van der Waals surface area contributed by atoms with Crippen molar-refractivity contribution in [1.29, 1.82) is 0 Å². The summed E-state index contributed by atoms with van der Waals surface area (Å²) in [7, 11) is 3.20. The number of phenolic OH excluding ortho intramolecular Hbond substituents is 1. The highest BCUT2D eigenvalue weighted by molar-refractivity contribution is 5.84. The minimum Gasteiger partial charge on any atom is -0.504 e. The molecular formula is C18H21NO4. The number of para-hydroxylation sites is 1. The SMILES string of the molecule is CCOc1cccc(C=NCc2ccc(OC)c(OC)c2)c1O. The Hall–Kier alpha value is -2.69. The average molecular weight is 315 g/mol. The van der Waals surface area contributed by atoms with Gasteiger partial charge in [-0.1, -0.05) is 12.1 Å². The van der Waals surface area contributed by atoms with Crippen LogP contribution in [0.15, 0.2) is 41.4 Å². The molecule has 5 heteroatoms. The van der Waals surface area contributed by atoms with Gasteiger partial charge in [0.25, 0.3) is 0 Å². The van der Waals surface area contributed by atoms with Gasteiger partial charge in [0.15, 0.2) is 23.0 Å². The van der Waals surface area contributed by atoms with Crippen LogP contribution in [0.5, 0.6) is 23.0 Å². The van der Waals surface area contributed by atoms with Crippen molar-refractivity contribution in [1.82, 2.24) is 0 Å². The van der Waals surface area contributed by atoms with Crippen molar-refractivity contribution in [2.24, 2.45) is 4.99 Å². The topological polar surface area (TPSA) is 60.3 Å². The van der Waals surface area contributed by atoms with Crippen molar-refractivity contribution >= 4 is 6.21 Å². The van der Waals surface area contributed by atoms with E-state index in [1.807, 2.05) is 31.2 Å². The van der Waals surface area contributed by atoms with E-state index >= 15 is 0 Å². The largest absolute Gasteiger partial charge is 0.504 e. The Kier molecular flexibility index (Phi) is 5.86. The average Bonchev–Trinajstić information content (AvgIpc) is 2.58. The Labute approximate surface area is 136 Å². The summed E-state index contributed by atoms with van der Waals surface area (Å²) in [5.41, 5.74) is 1.61. The van der Waals surface area contributed by atoms with E-state index in [0.717, 1.165) is 5.56 Å². The minimum absolute atomic E-state index is 0.102. The number of rotatable bonds is 7. The molecule has 0 atom stereocenters. The van der Waals surface area contributed by atoms with Gasteiger partial charge < -0.3 is 19.3 Å². The predicted molar refractivity (Wildman–Crippen MR) is 90.1 cm³/mol. The Morgan fingerprint density at radius 1 is 1.04 bits per heavy atom. The molecule has 0 saturated carbocycles. The molecule has 23 heavy (non-hydrogen) atoms. The maximum atomic E-state index is 10.1. The second-order valence-electron chi connectivity index (χ2n) is 4.79. The molecule has 0 aliphatic rings. The number of hydrogen-bond donors (Lipinski definition) is 1. The van der Waals surface area contributed by atoms with Gasteiger partial charge in [-0.15, -0.1) is 0 Å². The number of methoxy groups -OCH3 is 2. The summed E-state index contributed by atoms with van der Waals surface area (Å²) >= 11 is 0. The second kappa shape index (κ2) is 8.08. The lowest BCUT2D eigenvalue weighted by molar-refractivity contribution is 0.318. The number of benzene rings is 2. The molecule has 0 spiro atoms. The van der Waals surface area contributed by atoms with Crippen LogP contribution >= 0.6 is 0 Å². The molecule has 0 aromatic heterocycles. The number of nitrogens with zero attached hydrogens (tertiary/aromatic N) is 1. The zero-order chi connectivity index (χ0) is 16.7. The first-order valence-corrected chi connectivity index (χ1v) is 7.35. The predicted octanol–water partition coefficient (Wildman–Crippen LogP) is 3.43. The van der Waals surface area contributed by atoms with Crippen LogP contribution in [0.25, 0.3) is 0 Å². The van der Waals surface area contributed by atoms with Gasteiger partial charge in [0.05, 0.1) is 27.4 Å². The highest BCUT2D eigenvalue weighted by Crippen LogP contribution is 2.29. The van der Waals surface area contributed by atoms with E-state index in [1.54, 1.807) is 32.6 Å². The van der Waals surface area contributed by atoms with Crippen molar-refractivity contribution < 1.29 is 19.3 Å². The Bertz CT molecular complexity index is 683. The maximum Gasteiger partial charge on any atom is 0.166 e. The standard InChI is InChI=1S/C18H21NO4/c1-4-23-16-7-5-6-14(18(16)20)12-19-11-13-8-9-15(21-2)17(10-13)22-3/h5-10,12,20H,4,11H2,1-3H3. The first-order valence-electron chi connectivity index (χ1n) is 7.35. The van der Waals surface area contributed by atoms with Crippen LogP contribution in [0, 0.1) is 0 Å². The van der Waals surface area contributed by atoms with Crippen LogP contribution in [0.1, 0.15) is 18.1 Å². The summed E-state index contributed by atoms with van der Waals surface area (Å²) < 4.78 is 15.8. The zero-order valence-electron chi connectivity index (χ0n) is 13.6. The van der Waals surface area contributed by atoms with Crippen LogP contribution in [0.2, 0.25) is 0 Å². The monoisotopic (exact) mass is 315 g/mol. The van der Waals surface area contributed by atoms with Gasteiger partial charge in [0.2, 0.25) is 0 Å². The fourth-order valence-corrected chi connectivity index (χ4v) is 2.14. The maximum absolute atomic E-state index is 10.1. The summed E-state index contributed by atoms with van der Waals surface area (Å²) in [6.45, 7) is 2.84. The van der Waals surface area contributed by atoms with Gasteiger partial charge in [-0.2, -0.15) is 0 Å². The van der Waals surface area contributed by atoms with E-state index in [9.17, 15) is 5.11 Å². The Morgan fingerprint density at radius 3 is 2.52 bits per heavy atom. The zero-order valence-corrected chi connectivity index (χ0v) is 13.6. The van der Waals surface area contributed by atoms with Gasteiger partial charge in [0.1, 0.15) is 0 Å². The molecule has 0 aliphatic carbocycles. The van der Waals surface area contributed by atoms with E-state index in [2.05, 4.69) is 4.99 Å². The molecular weight excluding hydrogens is 294 g/mol. The Balaban J connectivity index is 2.11. The summed E-state index contributed by atoms with van der Waals surface area (Å²) in [5, 5.41) is 10.1. The van der Waals surface area contributed by atoms with Gasteiger partial charge in [-0.25, -0.2) is 0 Å². The van der Waals surface area contributed by atoms with Crippen LogP contribution in [-0.4, -0.2) is 32.1 Å². The molecule has 1 N–H and O–H groups in total. The van der Waals surface area contributed by atoms with Crippen LogP contribution in [0.4, 0.5) is 0 Å². The summed E-state index contributed by atoms with van der Waals surface area (Å²) in [5.74, 6) is 1.91. The normalized spacial score (nSPS) is 10.7. The van der Waals surface area contributed by atoms with E-state index in [0.29, 0.717) is 36.0 Å². The van der Waals surface area contributed by atoms with Crippen molar-refractivity contribution in [2.45, 2.75) is 13.5 Å². The van der Waals surface area contributed by atoms with Crippen LogP contribution in [0.3, 0.4) is 0 Å². The van der Waals surface area contributed by atoms with Crippen molar-refractivity contribution in [3.63, 3.8) is 0 Å². The van der Waals surface area contributed by atoms with Gasteiger partial charge in [-0.3, -0.25) is 4.99 Å². The lowest BCUT2D eigenvalue weighted by atomic mass is 10.2. The first kappa shape index (κ1) is 16.7. The molecule has 0 saturated heterocycles. The van der Waals surface area contributed by atoms with E-state index < -0.39 is 0 Å². The highest BCUT2D eigenvalue weighted by Gasteiger charge is 2.06. The summed E-state index contributed by atoms with van der Waals surface area (Å²) in [6.07, 6.45) is 1.63. The third-order valence-corrected chi connectivity index (χ3v) is 3.28. The third-order valence-electron chi connectivity index (χ3n) is 3.28. The Morgan fingerprint density at radius 2 is 1.83 bits per heavy atom. The lowest BCUT2D eigenvalue weighted by Gasteiger charge is -2.08. The van der Waals surface area contributed by atoms with Crippen LogP contribution in [-0.2, 0) is 6.54 Å². The van der Waals surface area contributed by atoms with E-state index in [-0.39, 0.29) is 5.75 Å². The van der Waals surface area contributed by atoms with Crippen LogP contribution < -0.4 is 14.2 Å². The number of aliphatic imine (C=N–C) groups is 1. The van der Waals surface area contributed by atoms with Crippen molar-refractivity contribution in [3.8, 4) is 23.0 Å². The smallest absolute Gasteiger partial charge is 0.166 e. The summed E-state index contributed by atoms with van der Waals surface area (Å²) in [4.78, 5) is 4.37. The lowest BCUT2D eigenvalue weighted by Crippen LogP contribution is -1.94. The number of ether oxygens (including phenoxy) is 3. The quantitative estimate of drug-likeness (QED) is 0.795. The van der Waals surface area contributed by atoms with Crippen molar-refractivity contribution in [2.75, 3.05) is 20.8 Å². The third kappa shape index (κ3) is 4.16. The molecule has 122 valence electrons. The molecule has 0 fully saturated rings. The summed E-state index contributed by atoms with van der Waals surface area (Å²) in [6, 6.07) is 11.0. The van der Waals surface area contributed by atoms with Gasteiger partial charge >= 0.3 is 0 Å². The number of phenols is 1. The van der Waals surface area contributed by atoms with Crippen molar-refractivity contribution in [3.05, 3.63) is 47.5 Å². The molecule has 2 rings (SSSR count). The molecule has 2 aromatic rings. The first-order chi connectivity index (χ1) is 11.2. The van der Waals surface area contributed by atoms with E-state index in [4.69, 9.17) is 14.2 Å². The minimum atomic E-state index is 0.102. The fraction of sp³-hybridized carbons (Fsp3) is 0.278. The molecule has 0 amide bonds. The molecule has 0 heterocycles. The molecule has 2 aromatic carbocycles. The number of hydrogen-bond acceptors (Lipinski definition) is 5. The molecule has 0 unspecified atom stereocenters. The van der Waals surface area contributed by atoms with E-state index in [1.165, 1.54) is 0 Å². The molecule has 5 nitrogen and oxygen atoms in total. The molecule has 0 bridgehead atoms. The highest BCUT2D eigenvalue weighted by atomic mass is 16.5. The molecule has 0 radical (unpaired) electrons. The number of aromatic hydroxyl groups is 1. The van der Waals surface area contributed by atoms with Gasteiger partial charge in [0, 0.05) is 11.8 Å². The molecule has 0 aliphatic heterocycles. The van der Waals surface area contributed by atoms with Gasteiger partial charge in [-0.05, 0) is 36.8 Å². The fourth-order valence-electron chi connectivity index (χ4n) is 2.14. The second-order valence-corrected chi connectivity index (χ2v) is 4.79.